The van der Waals surface area contributed by atoms with Crippen molar-refractivity contribution < 1.29 is 14.5 Å². The molecule has 7 nitrogen and oxygen atoms in total. The van der Waals surface area contributed by atoms with Crippen LogP contribution in [0.4, 0.5) is 16.2 Å². The molecule has 0 atom stereocenters. The van der Waals surface area contributed by atoms with Crippen molar-refractivity contribution in [3.8, 4) is 5.75 Å². The molecule has 0 saturated heterocycles. The molecule has 2 amide bonds. The van der Waals surface area contributed by atoms with Crippen LogP contribution in [0.15, 0.2) is 53.4 Å². The van der Waals surface area contributed by atoms with Crippen molar-refractivity contribution in [1.82, 2.24) is 4.31 Å². The molecule has 0 radical (unpaired) electrons. The SMILES string of the molecule is COc1ccc(NC(=O)N(C)Sc2ccccc2[N+](=O)[O-])cc1. The van der Waals surface area contributed by atoms with Gasteiger partial charge in [0.1, 0.15) is 10.6 Å². The second-order valence-electron chi connectivity index (χ2n) is 4.47. The van der Waals surface area contributed by atoms with Gasteiger partial charge in [-0.15, -0.1) is 0 Å². The fourth-order valence-electron chi connectivity index (χ4n) is 1.75. The smallest absolute Gasteiger partial charge is 0.331 e. The molecule has 0 heterocycles. The van der Waals surface area contributed by atoms with Gasteiger partial charge < -0.3 is 10.1 Å². The third-order valence-electron chi connectivity index (χ3n) is 2.92. The number of para-hydroxylation sites is 1. The Balaban J connectivity index is 2.04. The lowest BCUT2D eigenvalue weighted by molar-refractivity contribution is -0.387. The number of nitrogens with one attached hydrogen (secondary N) is 1. The van der Waals surface area contributed by atoms with Gasteiger partial charge in [0.15, 0.2) is 0 Å². The number of rotatable bonds is 5. The van der Waals surface area contributed by atoms with Crippen molar-refractivity contribution in [2.24, 2.45) is 0 Å². The maximum absolute atomic E-state index is 12.1. The molecule has 0 unspecified atom stereocenters. The van der Waals surface area contributed by atoms with Crippen LogP contribution in [0, 0.1) is 10.1 Å². The monoisotopic (exact) mass is 333 g/mol. The van der Waals surface area contributed by atoms with E-state index >= 15 is 0 Å². The van der Waals surface area contributed by atoms with E-state index in [1.807, 2.05) is 0 Å². The summed E-state index contributed by atoms with van der Waals surface area (Å²) in [6, 6.07) is 12.7. The summed E-state index contributed by atoms with van der Waals surface area (Å²) in [4.78, 5) is 23.0. The number of ether oxygens (including phenoxy) is 1. The summed E-state index contributed by atoms with van der Waals surface area (Å²) < 4.78 is 6.34. The molecular weight excluding hydrogens is 318 g/mol. The van der Waals surface area contributed by atoms with Crippen molar-refractivity contribution in [3.05, 3.63) is 58.6 Å². The van der Waals surface area contributed by atoms with Crippen LogP contribution < -0.4 is 10.1 Å². The second kappa shape index (κ2) is 7.50. The number of carbonyl (C=O) groups excluding carboxylic acids is 1. The number of carbonyl (C=O) groups is 1. The number of methoxy groups -OCH3 is 1. The van der Waals surface area contributed by atoms with Gasteiger partial charge in [-0.1, -0.05) is 12.1 Å². The number of nitro groups is 1. The molecule has 23 heavy (non-hydrogen) atoms. The van der Waals surface area contributed by atoms with Gasteiger partial charge in [-0.05, 0) is 42.3 Å². The van der Waals surface area contributed by atoms with Crippen LogP contribution in [0.3, 0.4) is 0 Å². The van der Waals surface area contributed by atoms with Gasteiger partial charge in [0.2, 0.25) is 0 Å². The van der Waals surface area contributed by atoms with E-state index in [9.17, 15) is 14.9 Å². The zero-order valence-electron chi connectivity index (χ0n) is 12.6. The van der Waals surface area contributed by atoms with Crippen molar-refractivity contribution >= 4 is 29.4 Å². The van der Waals surface area contributed by atoms with Crippen LogP contribution in [0.25, 0.3) is 0 Å². The van der Waals surface area contributed by atoms with Crippen LogP contribution in [0.2, 0.25) is 0 Å². The molecule has 0 fully saturated rings. The summed E-state index contributed by atoms with van der Waals surface area (Å²) in [5.41, 5.74) is 0.562. The highest BCUT2D eigenvalue weighted by atomic mass is 32.2. The van der Waals surface area contributed by atoms with E-state index in [-0.39, 0.29) is 5.69 Å². The summed E-state index contributed by atoms with van der Waals surface area (Å²) >= 11 is 0.988. The van der Waals surface area contributed by atoms with Crippen LogP contribution in [-0.2, 0) is 0 Å². The Bertz CT molecular complexity index is 706. The average Bonchev–Trinajstić information content (AvgIpc) is 2.55. The predicted molar refractivity (Wildman–Crippen MR) is 88.7 cm³/mol. The van der Waals surface area contributed by atoms with Gasteiger partial charge in [0.25, 0.3) is 5.69 Å². The minimum Gasteiger partial charge on any atom is -0.497 e. The molecule has 0 aliphatic rings. The first-order valence-electron chi connectivity index (χ1n) is 6.61. The lowest BCUT2D eigenvalue weighted by atomic mass is 10.3. The normalized spacial score (nSPS) is 10.0. The van der Waals surface area contributed by atoms with Gasteiger partial charge >= 0.3 is 6.03 Å². The highest BCUT2D eigenvalue weighted by molar-refractivity contribution is 7.97. The van der Waals surface area contributed by atoms with E-state index in [2.05, 4.69) is 5.32 Å². The molecule has 0 spiro atoms. The Labute approximate surface area is 137 Å². The third kappa shape index (κ3) is 4.36. The van der Waals surface area contributed by atoms with Crippen LogP contribution in [-0.4, -0.2) is 29.4 Å². The molecule has 0 aliphatic carbocycles. The topological polar surface area (TPSA) is 84.7 Å². The number of urea groups is 1. The average molecular weight is 333 g/mol. The quantitative estimate of drug-likeness (QED) is 0.511. The van der Waals surface area contributed by atoms with Gasteiger partial charge in [-0.3, -0.25) is 14.4 Å². The van der Waals surface area contributed by atoms with E-state index in [1.165, 1.54) is 10.4 Å². The van der Waals surface area contributed by atoms with E-state index in [4.69, 9.17) is 4.74 Å². The third-order valence-corrected chi connectivity index (χ3v) is 3.91. The van der Waals surface area contributed by atoms with Gasteiger partial charge in [-0.25, -0.2) is 4.79 Å². The summed E-state index contributed by atoms with van der Waals surface area (Å²) in [6.07, 6.45) is 0. The molecule has 2 aromatic rings. The number of nitro benzene ring substituents is 1. The Kier molecular flexibility index (Phi) is 5.42. The van der Waals surface area contributed by atoms with Crippen LogP contribution >= 0.6 is 11.9 Å². The molecule has 1 N–H and O–H groups in total. The number of nitrogens with zero attached hydrogens (tertiary/aromatic N) is 2. The number of benzene rings is 2. The summed E-state index contributed by atoms with van der Waals surface area (Å²) in [7, 11) is 3.10. The first-order chi connectivity index (χ1) is 11.0. The van der Waals surface area contributed by atoms with Gasteiger partial charge in [-0.2, -0.15) is 0 Å². The lowest BCUT2D eigenvalue weighted by Gasteiger charge is -2.16. The standard InChI is InChI=1S/C15H15N3O4S/c1-17(23-14-6-4-3-5-13(14)18(20)21)15(19)16-11-7-9-12(22-2)10-8-11/h3-10H,1-2H3,(H,16,19). The molecule has 120 valence electrons. The maximum atomic E-state index is 12.1. The maximum Gasteiger partial charge on any atom is 0.331 e. The highest BCUT2D eigenvalue weighted by Crippen LogP contribution is 2.30. The number of anilines is 1. The van der Waals surface area contributed by atoms with Gasteiger partial charge in [0, 0.05) is 18.8 Å². The summed E-state index contributed by atoms with van der Waals surface area (Å²) in [5, 5.41) is 13.7. The highest BCUT2D eigenvalue weighted by Gasteiger charge is 2.18. The molecule has 0 saturated carbocycles. The van der Waals surface area contributed by atoms with Crippen LogP contribution in [0.5, 0.6) is 5.75 Å². The fraction of sp³-hybridized carbons (Fsp3) is 0.133. The predicted octanol–water partition coefficient (Wildman–Crippen LogP) is 3.77. The molecule has 0 aromatic heterocycles. The minimum atomic E-state index is -0.475. The Morgan fingerprint density at radius 2 is 1.87 bits per heavy atom. The van der Waals surface area contributed by atoms with Crippen molar-refractivity contribution in [2.45, 2.75) is 4.90 Å². The van der Waals surface area contributed by atoms with Crippen molar-refractivity contribution in [2.75, 3.05) is 19.5 Å². The Hall–Kier alpha value is -2.74. The summed E-state index contributed by atoms with van der Waals surface area (Å²) in [5.74, 6) is 0.686. The molecule has 0 aliphatic heterocycles. The second-order valence-corrected chi connectivity index (χ2v) is 5.64. The zero-order valence-corrected chi connectivity index (χ0v) is 13.4. The first-order valence-corrected chi connectivity index (χ1v) is 7.38. The number of amides is 2. The molecule has 2 rings (SSSR count). The van der Waals surface area contributed by atoms with E-state index in [0.717, 1.165) is 11.9 Å². The van der Waals surface area contributed by atoms with Crippen molar-refractivity contribution in [3.63, 3.8) is 0 Å². The Morgan fingerprint density at radius 1 is 1.22 bits per heavy atom. The number of hydrogen-bond donors (Lipinski definition) is 1. The number of hydrogen-bond acceptors (Lipinski definition) is 5. The minimum absolute atomic E-state index is 0.0402. The van der Waals surface area contributed by atoms with E-state index < -0.39 is 11.0 Å². The molecule has 0 bridgehead atoms. The van der Waals surface area contributed by atoms with Gasteiger partial charge in [0.05, 0.1) is 12.0 Å². The Morgan fingerprint density at radius 3 is 2.48 bits per heavy atom. The van der Waals surface area contributed by atoms with E-state index in [0.29, 0.717) is 16.3 Å². The summed E-state index contributed by atoms with van der Waals surface area (Å²) in [6.45, 7) is 0. The van der Waals surface area contributed by atoms with Crippen molar-refractivity contribution in [1.29, 1.82) is 0 Å². The largest absolute Gasteiger partial charge is 0.497 e. The van der Waals surface area contributed by atoms with E-state index in [1.54, 1.807) is 56.6 Å². The zero-order chi connectivity index (χ0) is 16.8. The first kappa shape index (κ1) is 16.6. The fourth-order valence-corrected chi connectivity index (χ4v) is 2.55. The lowest BCUT2D eigenvalue weighted by Crippen LogP contribution is -2.25. The molecule has 2 aromatic carbocycles. The molecular formula is C15H15N3O4S. The molecule has 8 heteroatoms. The van der Waals surface area contributed by atoms with Crippen LogP contribution in [0.1, 0.15) is 0 Å².